The SMILES string of the molecule is Cc1ccc(OCC2CC2)c(-c2ccnc3c(C(=O)NC4CCC(NC(=O)[C@H](C)O)CC4)c(C)[nH]c23)c1. The zero-order chi connectivity index (χ0) is 26.1. The maximum Gasteiger partial charge on any atom is 0.255 e. The maximum absolute atomic E-state index is 13.4. The van der Waals surface area contributed by atoms with E-state index in [1.54, 1.807) is 6.20 Å². The number of hydrogen-bond acceptors (Lipinski definition) is 5. The molecule has 2 aliphatic carbocycles. The number of aryl methyl sites for hydroxylation is 2. The molecule has 8 nitrogen and oxygen atoms in total. The lowest BCUT2D eigenvalue weighted by Gasteiger charge is -2.30. The number of nitrogens with one attached hydrogen (secondary N) is 3. The highest BCUT2D eigenvalue weighted by atomic mass is 16.5. The van der Waals surface area contributed by atoms with Gasteiger partial charge in [-0.15, -0.1) is 0 Å². The minimum absolute atomic E-state index is 0.0268. The van der Waals surface area contributed by atoms with Crippen LogP contribution in [-0.4, -0.2) is 51.7 Å². The second kappa shape index (κ2) is 10.5. The van der Waals surface area contributed by atoms with Gasteiger partial charge in [0.15, 0.2) is 0 Å². The molecule has 2 saturated carbocycles. The Kier molecular flexibility index (Phi) is 7.20. The average Bonchev–Trinajstić information content (AvgIpc) is 3.63. The second-order valence-electron chi connectivity index (χ2n) is 10.7. The van der Waals surface area contributed by atoms with Crippen molar-refractivity contribution < 1.29 is 19.4 Å². The first-order chi connectivity index (χ1) is 17.8. The van der Waals surface area contributed by atoms with Crippen molar-refractivity contribution in [3.8, 4) is 16.9 Å². The Labute approximate surface area is 217 Å². The highest BCUT2D eigenvalue weighted by molar-refractivity contribution is 6.09. The van der Waals surface area contributed by atoms with Crippen LogP contribution < -0.4 is 15.4 Å². The van der Waals surface area contributed by atoms with Crippen molar-refractivity contribution in [2.75, 3.05) is 6.61 Å². The third kappa shape index (κ3) is 5.64. The van der Waals surface area contributed by atoms with Gasteiger partial charge in [0.2, 0.25) is 5.91 Å². The monoisotopic (exact) mass is 504 g/mol. The number of aliphatic hydroxyl groups excluding tert-OH is 1. The van der Waals surface area contributed by atoms with E-state index in [0.29, 0.717) is 17.0 Å². The second-order valence-corrected chi connectivity index (χ2v) is 10.7. The lowest BCUT2D eigenvalue weighted by atomic mass is 9.90. The molecule has 2 aliphatic rings. The zero-order valence-corrected chi connectivity index (χ0v) is 21.8. The summed E-state index contributed by atoms with van der Waals surface area (Å²) in [5.74, 6) is 1.01. The molecule has 2 aromatic heterocycles. The van der Waals surface area contributed by atoms with Crippen molar-refractivity contribution in [3.05, 3.63) is 47.3 Å². The van der Waals surface area contributed by atoms with Gasteiger partial charge in [0, 0.05) is 35.1 Å². The molecule has 196 valence electrons. The number of H-pyrrole nitrogens is 1. The predicted molar refractivity (Wildman–Crippen MR) is 143 cm³/mol. The number of pyridine rings is 1. The van der Waals surface area contributed by atoms with Gasteiger partial charge in [-0.25, -0.2) is 0 Å². The Morgan fingerprint density at radius 2 is 1.76 bits per heavy atom. The number of hydrogen-bond donors (Lipinski definition) is 4. The number of benzene rings is 1. The number of amides is 2. The first-order valence-electron chi connectivity index (χ1n) is 13.3. The van der Waals surface area contributed by atoms with Gasteiger partial charge < -0.3 is 25.5 Å². The van der Waals surface area contributed by atoms with Crippen LogP contribution in [0, 0.1) is 19.8 Å². The normalized spacial score (nSPS) is 20.4. The first kappa shape index (κ1) is 25.3. The van der Waals surface area contributed by atoms with E-state index in [1.807, 2.05) is 19.1 Å². The maximum atomic E-state index is 13.4. The van der Waals surface area contributed by atoms with E-state index in [0.717, 1.165) is 65.9 Å². The molecule has 2 amide bonds. The summed E-state index contributed by atoms with van der Waals surface area (Å²) >= 11 is 0. The highest BCUT2D eigenvalue weighted by Crippen LogP contribution is 2.38. The molecule has 5 rings (SSSR count). The van der Waals surface area contributed by atoms with Gasteiger partial charge in [0.25, 0.3) is 5.91 Å². The first-order valence-corrected chi connectivity index (χ1v) is 13.3. The lowest BCUT2D eigenvalue weighted by molar-refractivity contribution is -0.129. The number of fused-ring (bicyclic) bond motifs is 1. The van der Waals surface area contributed by atoms with Gasteiger partial charge in [-0.05, 0) is 83.4 Å². The minimum atomic E-state index is -1.01. The standard InChI is InChI=1S/C29H36N4O4/c1-16-4-11-24(37-15-19-5-6-19)23(14-16)22-12-13-30-27-25(17(2)31-26(22)27)29(36)33-21-9-7-20(8-10-21)32-28(35)18(3)34/h4,11-14,18-21,31,34H,5-10,15H2,1-3H3,(H,32,35)(H,33,36)/t18-,20?,21?/m0/s1. The van der Waals surface area contributed by atoms with Crippen LogP contribution in [0.2, 0.25) is 0 Å². The Bertz CT molecular complexity index is 1300. The Morgan fingerprint density at radius 1 is 1.05 bits per heavy atom. The summed E-state index contributed by atoms with van der Waals surface area (Å²) in [6, 6.07) is 8.25. The van der Waals surface area contributed by atoms with Crippen LogP contribution in [0.15, 0.2) is 30.5 Å². The Hall–Kier alpha value is -3.39. The van der Waals surface area contributed by atoms with Crippen molar-refractivity contribution in [2.24, 2.45) is 5.92 Å². The Morgan fingerprint density at radius 3 is 2.43 bits per heavy atom. The van der Waals surface area contributed by atoms with Crippen molar-refractivity contribution in [3.63, 3.8) is 0 Å². The summed E-state index contributed by atoms with van der Waals surface area (Å²) in [4.78, 5) is 33.2. The summed E-state index contributed by atoms with van der Waals surface area (Å²) in [6.07, 6.45) is 6.25. The quantitative estimate of drug-likeness (QED) is 0.367. The number of carbonyl (C=O) groups excluding carboxylic acids is 2. The summed E-state index contributed by atoms with van der Waals surface area (Å²) in [5, 5.41) is 15.5. The summed E-state index contributed by atoms with van der Waals surface area (Å²) in [5.41, 5.74) is 5.93. The molecule has 8 heteroatoms. The van der Waals surface area contributed by atoms with Gasteiger partial charge in [-0.2, -0.15) is 0 Å². The fraction of sp³-hybridized carbons (Fsp3) is 0.483. The molecule has 0 spiro atoms. The van der Waals surface area contributed by atoms with E-state index < -0.39 is 6.10 Å². The largest absolute Gasteiger partial charge is 0.493 e. The molecular weight excluding hydrogens is 468 g/mol. The number of aliphatic hydroxyl groups is 1. The molecule has 0 unspecified atom stereocenters. The molecule has 0 aliphatic heterocycles. The molecule has 4 N–H and O–H groups in total. The smallest absolute Gasteiger partial charge is 0.255 e. The summed E-state index contributed by atoms with van der Waals surface area (Å²) in [7, 11) is 0. The molecule has 1 aromatic carbocycles. The molecule has 3 aromatic rings. The third-order valence-electron chi connectivity index (χ3n) is 7.49. The number of rotatable bonds is 8. The summed E-state index contributed by atoms with van der Waals surface area (Å²) in [6.45, 7) is 6.16. The highest BCUT2D eigenvalue weighted by Gasteiger charge is 2.27. The molecule has 2 heterocycles. The van der Waals surface area contributed by atoms with E-state index in [4.69, 9.17) is 4.74 Å². The lowest BCUT2D eigenvalue weighted by Crippen LogP contribution is -2.46. The van der Waals surface area contributed by atoms with Crippen LogP contribution in [0.25, 0.3) is 22.2 Å². The van der Waals surface area contributed by atoms with Crippen LogP contribution >= 0.6 is 0 Å². The van der Waals surface area contributed by atoms with Crippen LogP contribution in [-0.2, 0) is 4.79 Å². The molecule has 0 radical (unpaired) electrons. The number of aromatic amines is 1. The van der Waals surface area contributed by atoms with Gasteiger partial charge in [-0.3, -0.25) is 14.6 Å². The zero-order valence-electron chi connectivity index (χ0n) is 21.8. The number of carbonyl (C=O) groups is 2. The molecule has 0 saturated heterocycles. The topological polar surface area (TPSA) is 116 Å². The third-order valence-corrected chi connectivity index (χ3v) is 7.49. The fourth-order valence-electron chi connectivity index (χ4n) is 5.14. The fourth-order valence-corrected chi connectivity index (χ4v) is 5.14. The Balaban J connectivity index is 1.35. The number of ether oxygens (including phenoxy) is 1. The van der Waals surface area contributed by atoms with Gasteiger partial charge in [0.1, 0.15) is 17.4 Å². The van der Waals surface area contributed by atoms with E-state index in [9.17, 15) is 14.7 Å². The van der Waals surface area contributed by atoms with Crippen molar-refractivity contribution in [2.45, 2.75) is 77.5 Å². The number of aromatic nitrogens is 2. The van der Waals surface area contributed by atoms with Gasteiger partial charge in [-0.1, -0.05) is 11.6 Å². The molecule has 37 heavy (non-hydrogen) atoms. The van der Waals surface area contributed by atoms with E-state index in [2.05, 4.69) is 39.7 Å². The van der Waals surface area contributed by atoms with Crippen molar-refractivity contribution in [1.29, 1.82) is 0 Å². The molecule has 0 bridgehead atoms. The minimum Gasteiger partial charge on any atom is -0.493 e. The van der Waals surface area contributed by atoms with Gasteiger partial charge >= 0.3 is 0 Å². The predicted octanol–water partition coefficient (Wildman–Crippen LogP) is 4.17. The van der Waals surface area contributed by atoms with Gasteiger partial charge in [0.05, 0.1) is 17.7 Å². The average molecular weight is 505 g/mol. The van der Waals surface area contributed by atoms with E-state index in [-0.39, 0.29) is 23.9 Å². The van der Waals surface area contributed by atoms with E-state index in [1.165, 1.54) is 19.8 Å². The molecular formula is C29H36N4O4. The molecule has 1 atom stereocenters. The van der Waals surface area contributed by atoms with Crippen molar-refractivity contribution in [1.82, 2.24) is 20.6 Å². The van der Waals surface area contributed by atoms with Crippen molar-refractivity contribution >= 4 is 22.8 Å². The summed E-state index contributed by atoms with van der Waals surface area (Å²) < 4.78 is 6.20. The van der Waals surface area contributed by atoms with Crippen LogP contribution in [0.4, 0.5) is 0 Å². The number of nitrogens with zero attached hydrogens (tertiary/aromatic N) is 1. The van der Waals surface area contributed by atoms with Crippen LogP contribution in [0.3, 0.4) is 0 Å². The molecule has 2 fully saturated rings. The van der Waals surface area contributed by atoms with Crippen LogP contribution in [0.5, 0.6) is 5.75 Å². The van der Waals surface area contributed by atoms with E-state index >= 15 is 0 Å². The van der Waals surface area contributed by atoms with Crippen LogP contribution in [0.1, 0.15) is 67.1 Å².